The van der Waals surface area contributed by atoms with Crippen molar-refractivity contribution < 1.29 is 19.1 Å². The molecule has 0 aliphatic carbocycles. The predicted molar refractivity (Wildman–Crippen MR) is 79.3 cm³/mol. The fourth-order valence-electron chi connectivity index (χ4n) is 2.68. The third-order valence-electron chi connectivity index (χ3n) is 3.60. The molecule has 0 radical (unpaired) electrons. The monoisotopic (exact) mass is 302 g/mol. The molecule has 1 aromatic carbocycles. The summed E-state index contributed by atoms with van der Waals surface area (Å²) in [5.41, 5.74) is 6.71. The standard InChI is InChI=1S/C16H18N2O4/c1-3-22-16(21)11-9(2)18-15(20)13(14(17)19)12(11)10-7-5-4-6-8-10/h4-8,12-13H,3H2,1-2H3,(H2,17,19)(H,18,20)/t12-,13-/m1/s1. The number of primary amides is 1. The lowest BCUT2D eigenvalue weighted by Gasteiger charge is -2.31. The Hall–Kier alpha value is -2.63. The number of nitrogens with two attached hydrogens (primary N) is 1. The van der Waals surface area contributed by atoms with Gasteiger partial charge in [0.15, 0.2) is 0 Å². The topological polar surface area (TPSA) is 98.5 Å². The first-order chi connectivity index (χ1) is 10.5. The van der Waals surface area contributed by atoms with Gasteiger partial charge in [-0.2, -0.15) is 0 Å². The molecule has 0 aromatic heterocycles. The van der Waals surface area contributed by atoms with Crippen LogP contribution in [-0.2, 0) is 19.1 Å². The maximum atomic E-state index is 12.3. The number of allylic oxidation sites excluding steroid dienone is 1. The fourth-order valence-corrected chi connectivity index (χ4v) is 2.68. The number of hydrogen-bond acceptors (Lipinski definition) is 4. The van der Waals surface area contributed by atoms with E-state index in [2.05, 4.69) is 5.32 Å². The van der Waals surface area contributed by atoms with Gasteiger partial charge in [-0.3, -0.25) is 9.59 Å². The highest BCUT2D eigenvalue weighted by Crippen LogP contribution is 2.37. The maximum absolute atomic E-state index is 12.3. The Morgan fingerprint density at radius 1 is 1.27 bits per heavy atom. The first kappa shape index (κ1) is 15.8. The summed E-state index contributed by atoms with van der Waals surface area (Å²) < 4.78 is 5.07. The van der Waals surface area contributed by atoms with Crippen molar-refractivity contribution in [3.05, 3.63) is 47.2 Å². The van der Waals surface area contributed by atoms with Gasteiger partial charge in [-0.25, -0.2) is 4.79 Å². The molecule has 6 nitrogen and oxygen atoms in total. The largest absolute Gasteiger partial charge is 0.463 e. The van der Waals surface area contributed by atoms with Crippen LogP contribution in [0, 0.1) is 5.92 Å². The van der Waals surface area contributed by atoms with Gasteiger partial charge in [0.25, 0.3) is 0 Å². The molecule has 1 aliphatic rings. The van der Waals surface area contributed by atoms with E-state index in [9.17, 15) is 14.4 Å². The van der Waals surface area contributed by atoms with E-state index in [0.29, 0.717) is 11.3 Å². The Morgan fingerprint density at radius 3 is 2.45 bits per heavy atom. The van der Waals surface area contributed by atoms with E-state index in [-0.39, 0.29) is 12.2 Å². The van der Waals surface area contributed by atoms with E-state index >= 15 is 0 Å². The van der Waals surface area contributed by atoms with Crippen LogP contribution >= 0.6 is 0 Å². The summed E-state index contributed by atoms with van der Waals surface area (Å²) in [5, 5.41) is 2.54. The van der Waals surface area contributed by atoms with Gasteiger partial charge in [0.1, 0.15) is 5.92 Å². The van der Waals surface area contributed by atoms with Crippen molar-refractivity contribution in [3.8, 4) is 0 Å². The number of nitrogens with one attached hydrogen (secondary N) is 1. The lowest BCUT2D eigenvalue weighted by Crippen LogP contribution is -2.47. The zero-order valence-electron chi connectivity index (χ0n) is 12.5. The van der Waals surface area contributed by atoms with Crippen LogP contribution in [0.4, 0.5) is 0 Å². The van der Waals surface area contributed by atoms with Crippen molar-refractivity contribution in [2.45, 2.75) is 19.8 Å². The number of carbonyl (C=O) groups excluding carboxylic acids is 3. The number of ether oxygens (including phenoxy) is 1. The molecule has 2 atom stereocenters. The third kappa shape index (κ3) is 2.86. The van der Waals surface area contributed by atoms with Gasteiger partial charge < -0.3 is 15.8 Å². The Morgan fingerprint density at radius 2 is 1.91 bits per heavy atom. The second kappa shape index (κ2) is 6.43. The molecule has 3 N–H and O–H groups in total. The molecule has 0 saturated heterocycles. The first-order valence-electron chi connectivity index (χ1n) is 7.00. The highest BCUT2D eigenvalue weighted by molar-refractivity contribution is 6.06. The SMILES string of the molecule is CCOC(=O)C1=C(C)NC(=O)[C@@H](C(N)=O)[C@@H]1c1ccccc1. The van der Waals surface area contributed by atoms with Crippen molar-refractivity contribution in [1.82, 2.24) is 5.32 Å². The summed E-state index contributed by atoms with van der Waals surface area (Å²) in [4.78, 5) is 36.2. The van der Waals surface area contributed by atoms with E-state index < -0.39 is 29.6 Å². The maximum Gasteiger partial charge on any atom is 0.336 e. The lowest BCUT2D eigenvalue weighted by molar-refractivity contribution is -0.140. The van der Waals surface area contributed by atoms with Crippen LogP contribution in [0.2, 0.25) is 0 Å². The van der Waals surface area contributed by atoms with E-state index in [1.807, 2.05) is 6.07 Å². The van der Waals surface area contributed by atoms with Crippen molar-refractivity contribution in [1.29, 1.82) is 0 Å². The molecule has 2 amide bonds. The molecule has 1 aromatic rings. The second-order valence-electron chi connectivity index (χ2n) is 5.02. The van der Waals surface area contributed by atoms with Gasteiger partial charge in [-0.1, -0.05) is 30.3 Å². The molecular weight excluding hydrogens is 284 g/mol. The Balaban J connectivity index is 2.60. The van der Waals surface area contributed by atoms with Crippen molar-refractivity contribution in [3.63, 3.8) is 0 Å². The Labute approximate surface area is 128 Å². The number of hydrogen-bond donors (Lipinski definition) is 2. The molecule has 2 rings (SSSR count). The number of amides is 2. The van der Waals surface area contributed by atoms with Gasteiger partial charge in [0, 0.05) is 11.6 Å². The molecule has 0 unspecified atom stereocenters. The van der Waals surface area contributed by atoms with Crippen LogP contribution in [0.25, 0.3) is 0 Å². The Kier molecular flexibility index (Phi) is 4.60. The summed E-state index contributed by atoms with van der Waals surface area (Å²) in [7, 11) is 0. The van der Waals surface area contributed by atoms with E-state index in [1.165, 1.54) is 0 Å². The molecule has 0 saturated carbocycles. The van der Waals surface area contributed by atoms with Gasteiger partial charge >= 0.3 is 5.97 Å². The Bertz CT molecular complexity index is 637. The zero-order chi connectivity index (χ0) is 16.3. The van der Waals surface area contributed by atoms with Gasteiger partial charge in [0.2, 0.25) is 11.8 Å². The molecule has 0 spiro atoms. The predicted octanol–water partition coefficient (Wildman–Crippen LogP) is 0.839. The van der Waals surface area contributed by atoms with Crippen molar-refractivity contribution >= 4 is 17.8 Å². The van der Waals surface area contributed by atoms with Gasteiger partial charge in [0.05, 0.1) is 12.2 Å². The van der Waals surface area contributed by atoms with Crippen LogP contribution < -0.4 is 11.1 Å². The molecule has 22 heavy (non-hydrogen) atoms. The first-order valence-corrected chi connectivity index (χ1v) is 7.00. The number of rotatable bonds is 4. The molecule has 1 aliphatic heterocycles. The molecule has 0 fully saturated rings. The van der Waals surface area contributed by atoms with Crippen molar-refractivity contribution in [2.24, 2.45) is 11.7 Å². The number of benzene rings is 1. The summed E-state index contributed by atoms with van der Waals surface area (Å²) >= 11 is 0. The minimum Gasteiger partial charge on any atom is -0.463 e. The van der Waals surface area contributed by atoms with Gasteiger partial charge in [-0.05, 0) is 19.4 Å². The van der Waals surface area contributed by atoms with Crippen molar-refractivity contribution in [2.75, 3.05) is 6.61 Å². The van der Waals surface area contributed by atoms with E-state index in [1.54, 1.807) is 38.1 Å². The smallest absolute Gasteiger partial charge is 0.336 e. The number of carbonyl (C=O) groups is 3. The average molecular weight is 302 g/mol. The van der Waals surface area contributed by atoms with Crippen LogP contribution in [0.1, 0.15) is 25.3 Å². The molecular formula is C16H18N2O4. The average Bonchev–Trinajstić information content (AvgIpc) is 2.47. The van der Waals surface area contributed by atoms with Crippen LogP contribution in [0.3, 0.4) is 0 Å². The second-order valence-corrected chi connectivity index (χ2v) is 5.02. The van der Waals surface area contributed by atoms with Gasteiger partial charge in [-0.15, -0.1) is 0 Å². The van der Waals surface area contributed by atoms with E-state index in [4.69, 9.17) is 10.5 Å². The molecule has 116 valence electrons. The zero-order valence-corrected chi connectivity index (χ0v) is 12.5. The fraction of sp³-hybridized carbons (Fsp3) is 0.312. The minimum absolute atomic E-state index is 0.201. The third-order valence-corrected chi connectivity index (χ3v) is 3.60. The summed E-state index contributed by atoms with van der Waals surface area (Å²) in [5.74, 6) is -3.73. The number of esters is 1. The highest BCUT2D eigenvalue weighted by Gasteiger charge is 2.43. The summed E-state index contributed by atoms with van der Waals surface area (Å²) in [6.45, 7) is 3.50. The van der Waals surface area contributed by atoms with E-state index in [0.717, 1.165) is 0 Å². The molecule has 0 bridgehead atoms. The summed E-state index contributed by atoms with van der Waals surface area (Å²) in [6, 6.07) is 8.87. The summed E-state index contributed by atoms with van der Waals surface area (Å²) in [6.07, 6.45) is 0. The normalized spacial score (nSPS) is 21.3. The van der Waals surface area contributed by atoms with Crippen LogP contribution in [-0.4, -0.2) is 24.4 Å². The van der Waals surface area contributed by atoms with Crippen LogP contribution in [0.5, 0.6) is 0 Å². The quantitative estimate of drug-likeness (QED) is 0.636. The molecule has 1 heterocycles. The molecule has 6 heteroatoms. The highest BCUT2D eigenvalue weighted by atomic mass is 16.5. The lowest BCUT2D eigenvalue weighted by atomic mass is 9.76. The van der Waals surface area contributed by atoms with Crippen LogP contribution in [0.15, 0.2) is 41.6 Å². The minimum atomic E-state index is -1.15.